The zero-order valence-corrected chi connectivity index (χ0v) is 8.37. The lowest BCUT2D eigenvalue weighted by molar-refractivity contribution is -0.193. The molecular weight excluding hydrogens is 231 g/mol. The number of carboxylic acids is 1. The molecule has 1 N–H and O–H groups in total. The molecule has 1 saturated heterocycles. The quantitative estimate of drug-likeness (QED) is 0.752. The summed E-state index contributed by atoms with van der Waals surface area (Å²) in [5.41, 5.74) is -1.91. The fourth-order valence-electron chi connectivity index (χ4n) is 1.52. The maximum atomic E-state index is 12.2. The minimum atomic E-state index is -5.08. The summed E-state index contributed by atoms with van der Waals surface area (Å²) in [6, 6.07) is 0. The van der Waals surface area contributed by atoms with Crippen LogP contribution in [0.4, 0.5) is 13.2 Å². The van der Waals surface area contributed by atoms with Crippen LogP contribution < -0.4 is 0 Å². The van der Waals surface area contributed by atoms with Gasteiger partial charge in [0.1, 0.15) is 0 Å². The van der Waals surface area contributed by atoms with Gasteiger partial charge >= 0.3 is 18.1 Å². The summed E-state index contributed by atoms with van der Waals surface area (Å²) in [5.74, 6) is -3.68. The lowest BCUT2D eigenvalue weighted by atomic mass is 9.97. The summed E-state index contributed by atoms with van der Waals surface area (Å²) in [6.07, 6.45) is -5.24. The third kappa shape index (κ3) is 1.97. The molecule has 1 aliphatic rings. The molecular formula is C8H10F3NO4. The lowest BCUT2D eigenvalue weighted by Crippen LogP contribution is -2.58. The molecule has 1 unspecified atom stereocenters. The number of hydrogen-bond acceptors (Lipinski definition) is 3. The Balaban J connectivity index is 2.97. The van der Waals surface area contributed by atoms with Gasteiger partial charge in [0, 0.05) is 20.1 Å². The number of carbonyl (C=O) groups excluding carboxylic acids is 1. The van der Waals surface area contributed by atoms with E-state index in [2.05, 4.69) is 0 Å². The number of rotatable bonds is 2. The zero-order valence-electron chi connectivity index (χ0n) is 8.37. The van der Waals surface area contributed by atoms with Crippen LogP contribution in [-0.4, -0.2) is 53.9 Å². The van der Waals surface area contributed by atoms with Crippen LogP contribution in [0.5, 0.6) is 0 Å². The van der Waals surface area contributed by atoms with Crippen molar-refractivity contribution < 1.29 is 32.6 Å². The van der Waals surface area contributed by atoms with E-state index in [1.165, 1.54) is 0 Å². The van der Waals surface area contributed by atoms with E-state index < -0.39 is 30.2 Å². The summed E-state index contributed by atoms with van der Waals surface area (Å²) in [6.45, 7) is -0.414. The highest BCUT2D eigenvalue weighted by Gasteiger charge is 2.54. The highest BCUT2D eigenvalue weighted by molar-refractivity contribution is 5.89. The van der Waals surface area contributed by atoms with E-state index >= 15 is 0 Å². The summed E-state index contributed by atoms with van der Waals surface area (Å²) >= 11 is 0. The average molecular weight is 241 g/mol. The Kier molecular flexibility index (Phi) is 3.13. The molecule has 0 radical (unpaired) electrons. The van der Waals surface area contributed by atoms with Crippen LogP contribution in [0.1, 0.15) is 6.42 Å². The van der Waals surface area contributed by atoms with Crippen LogP contribution in [0.2, 0.25) is 0 Å². The Morgan fingerprint density at radius 2 is 2.00 bits per heavy atom. The van der Waals surface area contributed by atoms with Crippen LogP contribution in [0.3, 0.4) is 0 Å². The molecule has 1 fully saturated rings. The number of halogens is 3. The summed E-state index contributed by atoms with van der Waals surface area (Å²) < 4.78 is 41.2. The second-order valence-electron chi connectivity index (χ2n) is 3.50. The molecule has 1 aliphatic heterocycles. The second kappa shape index (κ2) is 3.93. The van der Waals surface area contributed by atoms with Gasteiger partial charge in [0.2, 0.25) is 0 Å². The Bertz CT molecular complexity index is 309. The minimum absolute atomic E-state index is 0.0157. The molecule has 0 bridgehead atoms. The van der Waals surface area contributed by atoms with Crippen molar-refractivity contribution in [3.63, 3.8) is 0 Å². The maximum Gasteiger partial charge on any atom is 0.471 e. The predicted octanol–water partition coefficient (Wildman–Crippen LogP) is 0.251. The molecule has 0 saturated carbocycles. The van der Waals surface area contributed by atoms with Crippen molar-refractivity contribution in [2.45, 2.75) is 18.1 Å². The van der Waals surface area contributed by atoms with Gasteiger partial charge in [-0.3, -0.25) is 4.79 Å². The molecule has 16 heavy (non-hydrogen) atoms. The van der Waals surface area contributed by atoms with E-state index in [9.17, 15) is 22.8 Å². The first-order valence-corrected chi connectivity index (χ1v) is 4.38. The van der Waals surface area contributed by atoms with E-state index in [1.54, 1.807) is 0 Å². The molecule has 92 valence electrons. The topological polar surface area (TPSA) is 66.8 Å². The smallest absolute Gasteiger partial charge is 0.471 e. The van der Waals surface area contributed by atoms with Gasteiger partial charge in [0.25, 0.3) is 0 Å². The van der Waals surface area contributed by atoms with Crippen molar-refractivity contribution in [1.82, 2.24) is 4.90 Å². The van der Waals surface area contributed by atoms with E-state index in [-0.39, 0.29) is 17.9 Å². The van der Waals surface area contributed by atoms with Gasteiger partial charge in [-0.15, -0.1) is 0 Å². The highest BCUT2D eigenvalue weighted by Crippen LogP contribution is 2.29. The van der Waals surface area contributed by atoms with Crippen LogP contribution in [0.15, 0.2) is 0 Å². The number of hydrogen-bond donors (Lipinski definition) is 1. The van der Waals surface area contributed by atoms with E-state index in [0.29, 0.717) is 0 Å². The van der Waals surface area contributed by atoms with Gasteiger partial charge in [0.05, 0.1) is 6.61 Å². The van der Waals surface area contributed by atoms with E-state index in [4.69, 9.17) is 9.84 Å². The van der Waals surface area contributed by atoms with Crippen molar-refractivity contribution in [3.05, 3.63) is 0 Å². The number of amides is 1. The summed E-state index contributed by atoms with van der Waals surface area (Å²) in [7, 11) is 0.818. The molecule has 5 nitrogen and oxygen atoms in total. The van der Waals surface area contributed by atoms with Crippen LogP contribution in [0, 0.1) is 0 Å². The Morgan fingerprint density at radius 3 is 2.31 bits per heavy atom. The SMILES string of the molecule is CN(C(=O)C(F)(F)F)C1(C(=O)O)CCOC1. The van der Waals surface area contributed by atoms with Crippen molar-refractivity contribution >= 4 is 11.9 Å². The normalized spacial score (nSPS) is 25.5. The largest absolute Gasteiger partial charge is 0.479 e. The molecule has 1 atom stereocenters. The van der Waals surface area contributed by atoms with Crippen molar-refractivity contribution in [2.24, 2.45) is 0 Å². The number of carboxylic acid groups (broad SMARTS) is 1. The molecule has 1 amide bonds. The molecule has 0 aliphatic carbocycles. The summed E-state index contributed by atoms with van der Waals surface area (Å²) in [5, 5.41) is 8.91. The van der Waals surface area contributed by atoms with Crippen molar-refractivity contribution in [2.75, 3.05) is 20.3 Å². The minimum Gasteiger partial charge on any atom is -0.479 e. The first kappa shape index (κ1) is 12.8. The fraction of sp³-hybridized carbons (Fsp3) is 0.750. The molecule has 0 aromatic rings. The van der Waals surface area contributed by atoms with Gasteiger partial charge in [-0.2, -0.15) is 13.2 Å². The van der Waals surface area contributed by atoms with Crippen LogP contribution in [0.25, 0.3) is 0 Å². The van der Waals surface area contributed by atoms with Gasteiger partial charge in [-0.05, 0) is 0 Å². The molecule has 8 heteroatoms. The van der Waals surface area contributed by atoms with Crippen molar-refractivity contribution in [3.8, 4) is 0 Å². The zero-order chi connectivity index (χ0) is 12.6. The van der Waals surface area contributed by atoms with Gasteiger partial charge in [-0.25, -0.2) is 4.79 Å². The van der Waals surface area contributed by atoms with E-state index in [1.807, 2.05) is 0 Å². The lowest BCUT2D eigenvalue weighted by Gasteiger charge is -2.33. The third-order valence-corrected chi connectivity index (χ3v) is 2.59. The number of alkyl halides is 3. The predicted molar refractivity (Wildman–Crippen MR) is 44.6 cm³/mol. The van der Waals surface area contributed by atoms with Crippen molar-refractivity contribution in [1.29, 1.82) is 0 Å². The van der Waals surface area contributed by atoms with Crippen LogP contribution in [-0.2, 0) is 14.3 Å². The molecule has 0 spiro atoms. The number of likely N-dealkylation sites (N-methyl/N-ethyl adjacent to an activating group) is 1. The number of nitrogens with zero attached hydrogens (tertiary/aromatic N) is 1. The monoisotopic (exact) mass is 241 g/mol. The first-order chi connectivity index (χ1) is 7.22. The van der Waals surface area contributed by atoms with Gasteiger partial charge in [-0.1, -0.05) is 0 Å². The second-order valence-corrected chi connectivity index (χ2v) is 3.50. The Labute approximate surface area is 88.8 Å². The van der Waals surface area contributed by atoms with Crippen LogP contribution >= 0.6 is 0 Å². The van der Waals surface area contributed by atoms with Gasteiger partial charge in [0.15, 0.2) is 5.54 Å². The highest BCUT2D eigenvalue weighted by atomic mass is 19.4. The first-order valence-electron chi connectivity index (χ1n) is 4.38. The van der Waals surface area contributed by atoms with E-state index in [0.717, 1.165) is 7.05 Å². The fourth-order valence-corrected chi connectivity index (χ4v) is 1.52. The summed E-state index contributed by atoms with van der Waals surface area (Å²) in [4.78, 5) is 22.1. The molecule has 0 aromatic heterocycles. The third-order valence-electron chi connectivity index (χ3n) is 2.59. The molecule has 0 aromatic carbocycles. The number of ether oxygens (including phenoxy) is 1. The maximum absolute atomic E-state index is 12.2. The Hall–Kier alpha value is -1.31. The number of aliphatic carboxylic acids is 1. The standard InChI is InChI=1S/C8H10F3NO4/c1-12(5(13)8(9,10)11)7(6(14)15)2-3-16-4-7/h2-4H2,1H3,(H,14,15). The molecule has 1 rings (SSSR count). The Morgan fingerprint density at radius 1 is 1.44 bits per heavy atom. The molecule has 1 heterocycles. The average Bonchev–Trinajstić information content (AvgIpc) is 2.63. The van der Waals surface area contributed by atoms with Gasteiger partial charge < -0.3 is 14.7 Å². The number of carbonyl (C=O) groups is 2.